The quantitative estimate of drug-likeness (QED) is 0.635. The molecule has 130 valence electrons. The number of sulfonamides is 1. The van der Waals surface area contributed by atoms with Crippen LogP contribution in [-0.4, -0.2) is 42.4 Å². The van der Waals surface area contributed by atoms with Crippen LogP contribution in [0.4, 0.5) is 13.2 Å². The zero-order chi connectivity index (χ0) is 18.3. The Hall–Kier alpha value is -2.40. The molecule has 0 radical (unpaired) electrons. The molecule has 0 aliphatic heterocycles. The van der Waals surface area contributed by atoms with E-state index < -0.39 is 33.2 Å². The van der Waals surface area contributed by atoms with E-state index in [1.165, 1.54) is 20.2 Å². The van der Waals surface area contributed by atoms with Gasteiger partial charge in [0.1, 0.15) is 10.7 Å². The highest BCUT2D eigenvalue weighted by Crippen LogP contribution is 2.33. The number of halogens is 3. The van der Waals surface area contributed by atoms with Gasteiger partial charge in [-0.05, 0) is 18.2 Å². The maximum atomic E-state index is 13.1. The predicted molar refractivity (Wildman–Crippen MR) is 80.5 cm³/mol. The van der Waals surface area contributed by atoms with Gasteiger partial charge in [-0.15, -0.1) is 0 Å². The van der Waals surface area contributed by atoms with Crippen molar-refractivity contribution in [3.63, 3.8) is 0 Å². The second-order valence-electron chi connectivity index (χ2n) is 5.05. The van der Waals surface area contributed by atoms with Crippen molar-refractivity contribution in [2.24, 2.45) is 5.73 Å². The lowest BCUT2D eigenvalue weighted by atomic mass is 10.1. The monoisotopic (exact) mass is 361 g/mol. The maximum absolute atomic E-state index is 13.1. The fraction of sp³-hybridized carbons (Fsp3) is 0.231. The lowest BCUT2D eigenvalue weighted by Gasteiger charge is -2.13. The molecule has 0 fully saturated rings. The van der Waals surface area contributed by atoms with Gasteiger partial charge in [0.2, 0.25) is 10.0 Å². The van der Waals surface area contributed by atoms with E-state index in [0.717, 1.165) is 33.5 Å². The number of amidine groups is 1. The van der Waals surface area contributed by atoms with E-state index in [2.05, 4.69) is 5.10 Å². The number of nitrogens with two attached hydrogens (primary N) is 1. The third kappa shape index (κ3) is 3.26. The molecule has 1 heterocycles. The predicted octanol–water partition coefficient (Wildman–Crippen LogP) is 1.43. The number of hydrogen-bond acceptors (Lipinski definition) is 4. The van der Waals surface area contributed by atoms with Crippen LogP contribution in [0.1, 0.15) is 11.1 Å². The Bertz CT molecular complexity index is 887. The maximum Gasteiger partial charge on any atom is 0.417 e. The number of hydrogen-bond donors (Lipinski definition) is 2. The van der Waals surface area contributed by atoms with E-state index in [1.807, 2.05) is 0 Å². The highest BCUT2D eigenvalue weighted by atomic mass is 32.2. The smallest absolute Gasteiger partial charge is 0.384 e. The van der Waals surface area contributed by atoms with Crippen molar-refractivity contribution in [2.75, 3.05) is 14.1 Å². The summed E-state index contributed by atoms with van der Waals surface area (Å²) in [6.45, 7) is 0. The first-order chi connectivity index (χ1) is 10.9. The lowest BCUT2D eigenvalue weighted by molar-refractivity contribution is -0.137. The largest absolute Gasteiger partial charge is 0.417 e. The average Bonchev–Trinajstić information content (AvgIpc) is 2.95. The minimum atomic E-state index is -4.72. The molecule has 0 aliphatic carbocycles. The van der Waals surface area contributed by atoms with E-state index in [1.54, 1.807) is 0 Å². The third-order valence-electron chi connectivity index (χ3n) is 3.20. The summed E-state index contributed by atoms with van der Waals surface area (Å²) in [5.74, 6) is -0.717. The van der Waals surface area contributed by atoms with Gasteiger partial charge >= 0.3 is 6.18 Å². The van der Waals surface area contributed by atoms with E-state index >= 15 is 0 Å². The molecule has 0 atom stereocenters. The Morgan fingerprint density at radius 1 is 1.33 bits per heavy atom. The minimum Gasteiger partial charge on any atom is -0.384 e. The van der Waals surface area contributed by atoms with E-state index in [4.69, 9.17) is 11.1 Å². The highest BCUT2D eigenvalue weighted by molar-refractivity contribution is 7.89. The molecule has 11 heteroatoms. The van der Waals surface area contributed by atoms with E-state index in [9.17, 15) is 21.6 Å². The molecule has 0 saturated carbocycles. The van der Waals surface area contributed by atoms with Gasteiger partial charge in [0.25, 0.3) is 0 Å². The summed E-state index contributed by atoms with van der Waals surface area (Å²) in [5.41, 5.74) is 3.61. The van der Waals surface area contributed by atoms with Gasteiger partial charge in [0.05, 0.1) is 23.6 Å². The summed E-state index contributed by atoms with van der Waals surface area (Å²) in [6.07, 6.45) is -2.57. The molecule has 0 aliphatic rings. The fourth-order valence-electron chi connectivity index (χ4n) is 1.94. The number of aromatic nitrogens is 2. The third-order valence-corrected chi connectivity index (χ3v) is 4.97. The standard InChI is InChI=1S/C13H14F3N5O2S/c1-20(2)24(22,23)9-6-19-21(7-9)8-3-4-10(12(17)18)11(5-8)13(14,15)16/h3-7H,1-2H3,(H3,17,18). The van der Waals surface area contributed by atoms with Crippen molar-refractivity contribution in [1.82, 2.24) is 14.1 Å². The summed E-state index contributed by atoms with van der Waals surface area (Å²) < 4.78 is 65.3. The van der Waals surface area contributed by atoms with Crippen LogP contribution in [-0.2, 0) is 16.2 Å². The van der Waals surface area contributed by atoms with Crippen molar-refractivity contribution in [3.8, 4) is 5.69 Å². The van der Waals surface area contributed by atoms with Gasteiger partial charge in [-0.25, -0.2) is 17.4 Å². The number of rotatable bonds is 4. The highest BCUT2D eigenvalue weighted by Gasteiger charge is 2.34. The Labute approximate surface area is 136 Å². The Morgan fingerprint density at radius 3 is 2.46 bits per heavy atom. The summed E-state index contributed by atoms with van der Waals surface area (Å²) >= 11 is 0. The topological polar surface area (TPSA) is 105 Å². The SMILES string of the molecule is CN(C)S(=O)(=O)c1cnn(-c2ccc(C(=N)N)c(C(F)(F)F)c2)c1. The molecule has 0 saturated heterocycles. The van der Waals surface area contributed by atoms with Crippen LogP contribution in [0.15, 0.2) is 35.5 Å². The molecule has 2 aromatic rings. The zero-order valence-electron chi connectivity index (χ0n) is 12.7. The molecular formula is C13H14F3N5O2S. The minimum absolute atomic E-state index is 0.00692. The van der Waals surface area contributed by atoms with Crippen molar-refractivity contribution >= 4 is 15.9 Å². The van der Waals surface area contributed by atoms with E-state index in [0.29, 0.717) is 0 Å². The molecule has 2 rings (SSSR count). The molecule has 1 aromatic heterocycles. The first-order valence-corrected chi connectivity index (χ1v) is 7.92. The molecule has 0 spiro atoms. The normalized spacial score (nSPS) is 12.6. The number of nitrogen functional groups attached to an aromatic ring is 1. The Kier molecular flexibility index (Phi) is 4.42. The van der Waals surface area contributed by atoms with Gasteiger partial charge in [0, 0.05) is 19.7 Å². The first kappa shape index (κ1) is 17.9. The zero-order valence-corrected chi connectivity index (χ0v) is 13.5. The second-order valence-corrected chi connectivity index (χ2v) is 7.20. The first-order valence-electron chi connectivity index (χ1n) is 6.48. The Morgan fingerprint density at radius 2 is 1.96 bits per heavy atom. The van der Waals surface area contributed by atoms with Crippen LogP contribution in [0.25, 0.3) is 5.69 Å². The number of benzene rings is 1. The summed E-state index contributed by atoms with van der Waals surface area (Å²) in [4.78, 5) is -0.156. The molecule has 0 amide bonds. The Balaban J connectivity index is 2.56. The second kappa shape index (κ2) is 5.91. The number of nitrogens with one attached hydrogen (secondary N) is 1. The van der Waals surface area contributed by atoms with E-state index in [-0.39, 0.29) is 10.6 Å². The van der Waals surface area contributed by atoms with Gasteiger partial charge in [-0.3, -0.25) is 5.41 Å². The number of nitrogens with zero attached hydrogens (tertiary/aromatic N) is 3. The van der Waals surface area contributed by atoms with Crippen LogP contribution in [0.5, 0.6) is 0 Å². The van der Waals surface area contributed by atoms with Crippen molar-refractivity contribution < 1.29 is 21.6 Å². The van der Waals surface area contributed by atoms with Crippen LogP contribution < -0.4 is 5.73 Å². The molecule has 3 N–H and O–H groups in total. The van der Waals surface area contributed by atoms with Crippen LogP contribution >= 0.6 is 0 Å². The van der Waals surface area contributed by atoms with Gasteiger partial charge in [0.15, 0.2) is 0 Å². The van der Waals surface area contributed by atoms with Crippen molar-refractivity contribution in [3.05, 3.63) is 41.7 Å². The fourth-order valence-corrected chi connectivity index (χ4v) is 2.77. The van der Waals surface area contributed by atoms with Crippen LogP contribution in [0, 0.1) is 5.41 Å². The summed E-state index contributed by atoms with van der Waals surface area (Å²) in [7, 11) is -1.09. The average molecular weight is 361 g/mol. The molecule has 0 unspecified atom stereocenters. The van der Waals surface area contributed by atoms with Crippen molar-refractivity contribution in [1.29, 1.82) is 5.41 Å². The van der Waals surface area contributed by atoms with Crippen LogP contribution in [0.2, 0.25) is 0 Å². The summed E-state index contributed by atoms with van der Waals surface area (Å²) in [5, 5.41) is 11.0. The molecule has 7 nitrogen and oxygen atoms in total. The molecule has 1 aromatic carbocycles. The molecular weight excluding hydrogens is 347 g/mol. The molecule has 24 heavy (non-hydrogen) atoms. The van der Waals surface area contributed by atoms with Crippen molar-refractivity contribution in [2.45, 2.75) is 11.1 Å². The summed E-state index contributed by atoms with van der Waals surface area (Å²) in [6, 6.07) is 3.07. The lowest BCUT2D eigenvalue weighted by Crippen LogP contribution is -2.21. The van der Waals surface area contributed by atoms with Gasteiger partial charge in [-0.2, -0.15) is 18.3 Å². The number of alkyl halides is 3. The van der Waals surface area contributed by atoms with Gasteiger partial charge < -0.3 is 5.73 Å². The van der Waals surface area contributed by atoms with Gasteiger partial charge in [-0.1, -0.05) is 0 Å². The van der Waals surface area contributed by atoms with Crippen LogP contribution in [0.3, 0.4) is 0 Å². The molecule has 0 bridgehead atoms.